The molecule has 0 spiro atoms. The first-order valence-electron chi connectivity index (χ1n) is 20.8. The van der Waals surface area contributed by atoms with E-state index < -0.39 is 8.32 Å². The Morgan fingerprint density at radius 3 is 2.14 bits per heavy atom. The number of piperidine rings is 1. The van der Waals surface area contributed by atoms with E-state index in [4.69, 9.17) is 20.3 Å². The van der Waals surface area contributed by atoms with Crippen LogP contribution in [0.1, 0.15) is 82.5 Å². The number of nitrogens with zero attached hydrogens (tertiary/aromatic N) is 4. The molecule has 8 heteroatoms. The fourth-order valence-corrected chi connectivity index (χ4v) is 14.1. The fraction of sp³-hybridized carbons (Fsp3) is 0.458. The molecule has 2 heterocycles. The van der Waals surface area contributed by atoms with Crippen molar-refractivity contribution in [2.75, 3.05) is 33.7 Å². The van der Waals surface area contributed by atoms with Crippen molar-refractivity contribution in [3.63, 3.8) is 0 Å². The van der Waals surface area contributed by atoms with Crippen molar-refractivity contribution >= 4 is 35.3 Å². The Morgan fingerprint density at radius 1 is 0.857 bits per heavy atom. The van der Waals surface area contributed by atoms with E-state index >= 15 is 0 Å². The molecule has 0 bridgehead atoms. The van der Waals surface area contributed by atoms with Gasteiger partial charge in [-0.2, -0.15) is 0 Å². The van der Waals surface area contributed by atoms with E-state index in [1.54, 1.807) is 0 Å². The second-order valence-electron chi connectivity index (χ2n) is 17.5. The quantitative estimate of drug-likeness (QED) is 0.0829. The molecule has 1 saturated heterocycles. The molecule has 2 atom stereocenters. The Kier molecular flexibility index (Phi) is 12.8. The van der Waals surface area contributed by atoms with Gasteiger partial charge in [-0.05, 0) is 111 Å². The van der Waals surface area contributed by atoms with Crippen molar-refractivity contribution < 1.29 is 13.7 Å². The van der Waals surface area contributed by atoms with E-state index in [1.165, 1.54) is 42.5 Å². The summed E-state index contributed by atoms with van der Waals surface area (Å²) >= 11 is 0. The lowest BCUT2D eigenvalue weighted by Crippen LogP contribution is -2.68. The smallest absolute Gasteiger partial charge is 0.261 e. The Bertz CT molecular complexity index is 2000. The second kappa shape index (κ2) is 17.9. The molecule has 2 fully saturated rings. The summed E-state index contributed by atoms with van der Waals surface area (Å²) in [5, 5.41) is 8.47. The number of benzene rings is 4. The van der Waals surface area contributed by atoms with E-state index in [2.05, 4.69) is 127 Å². The number of fused-ring (bicyclic) bond motifs is 1. The molecule has 7 rings (SSSR count). The Balaban J connectivity index is 0.981. The van der Waals surface area contributed by atoms with Crippen molar-refractivity contribution in [2.45, 2.75) is 96.4 Å². The first-order chi connectivity index (χ1) is 27.1. The molecule has 1 aromatic heterocycles. The van der Waals surface area contributed by atoms with Crippen molar-refractivity contribution in [1.82, 2.24) is 15.0 Å². The number of ether oxygens (including phenoxy) is 1. The zero-order valence-corrected chi connectivity index (χ0v) is 35.2. The van der Waals surface area contributed by atoms with Crippen LogP contribution in [0.5, 0.6) is 5.75 Å². The van der Waals surface area contributed by atoms with Crippen LogP contribution in [0, 0.1) is 18.4 Å². The third kappa shape index (κ3) is 8.97. The predicted octanol–water partition coefficient (Wildman–Crippen LogP) is 9.80. The average molecular weight is 769 g/mol. The largest absolute Gasteiger partial charge is 0.488 e. The molecular weight excluding hydrogens is 709 g/mol. The molecule has 0 unspecified atom stereocenters. The van der Waals surface area contributed by atoms with E-state index in [0.717, 1.165) is 72.4 Å². The van der Waals surface area contributed by atoms with Gasteiger partial charge in [-0.1, -0.05) is 124 Å². The molecule has 2 aliphatic rings. The van der Waals surface area contributed by atoms with Gasteiger partial charge < -0.3 is 23.5 Å². The third-order valence-electron chi connectivity index (χ3n) is 12.3. The summed E-state index contributed by atoms with van der Waals surface area (Å²) in [6.45, 7) is 19.0. The van der Waals surface area contributed by atoms with Gasteiger partial charge in [0.2, 0.25) is 0 Å². The molecule has 0 amide bonds. The molecule has 56 heavy (non-hydrogen) atoms. The molecule has 1 aliphatic heterocycles. The molecule has 1 aliphatic carbocycles. The van der Waals surface area contributed by atoms with Crippen molar-refractivity contribution in [3.8, 4) is 5.75 Å². The van der Waals surface area contributed by atoms with Crippen molar-refractivity contribution in [1.29, 1.82) is 0 Å². The van der Waals surface area contributed by atoms with Gasteiger partial charge in [0.15, 0.2) is 11.3 Å². The molecule has 4 aromatic carbocycles. The predicted molar refractivity (Wildman–Crippen MR) is 230 cm³/mol. The Hall–Kier alpha value is -4.26. The molecule has 7 nitrogen and oxygen atoms in total. The summed E-state index contributed by atoms with van der Waals surface area (Å²) < 4.78 is 20.1. The Morgan fingerprint density at radius 2 is 1.52 bits per heavy atom. The van der Waals surface area contributed by atoms with Crippen LogP contribution in [-0.4, -0.2) is 63.1 Å². The van der Waals surface area contributed by atoms with Crippen LogP contribution in [0.15, 0.2) is 102 Å². The van der Waals surface area contributed by atoms with Crippen LogP contribution in [0.3, 0.4) is 0 Å². The second-order valence-corrected chi connectivity index (χ2v) is 21.8. The molecule has 1 saturated carbocycles. The van der Waals surface area contributed by atoms with Gasteiger partial charge in [0.05, 0.1) is 17.8 Å². The van der Waals surface area contributed by atoms with Crippen LogP contribution in [0.4, 0.5) is 5.69 Å². The fourth-order valence-electron chi connectivity index (χ4n) is 9.29. The minimum Gasteiger partial charge on any atom is -0.488 e. The minimum atomic E-state index is -2.60. The SMILES string of the molecule is [C-]#[N+]c1ccc(COc2ccc3c(CCC4CCN(C[C@H]5CCCC[C@H]5O[Si](c5ccccc5)(c5ccccc5)C(C)(C)C)CC4)noc3c2CN(C)C)cc1. The van der Waals surface area contributed by atoms with E-state index in [0.29, 0.717) is 30.7 Å². The van der Waals surface area contributed by atoms with Crippen LogP contribution in [0.2, 0.25) is 5.04 Å². The maximum atomic E-state index is 7.76. The first kappa shape index (κ1) is 40.0. The number of rotatable bonds is 14. The monoisotopic (exact) mass is 768 g/mol. The van der Waals surface area contributed by atoms with Gasteiger partial charge in [-0.15, -0.1) is 0 Å². The lowest BCUT2D eigenvalue weighted by Gasteiger charge is -2.48. The van der Waals surface area contributed by atoms with E-state index in [-0.39, 0.29) is 11.1 Å². The summed E-state index contributed by atoms with van der Waals surface area (Å²) in [4.78, 5) is 8.38. The number of hydrogen-bond donors (Lipinski definition) is 0. The highest BCUT2D eigenvalue weighted by atomic mass is 28.4. The number of likely N-dealkylation sites (tertiary alicyclic amines) is 1. The molecule has 0 radical (unpaired) electrons. The highest BCUT2D eigenvalue weighted by molar-refractivity contribution is 6.99. The standard InChI is InChI=1S/C48H60N4O3Si/c1-48(2,3)56(40-16-9-7-10-17-40,41-18-11-8-12-19-41)55-45-20-14-13-15-38(45)33-52-31-29-36(30-32-52)23-27-44-42-26-28-46(43(34-51(5)6)47(42)54-50-44)53-35-37-21-24-39(49-4)25-22-37/h7-12,16-19,21-22,24-26,28,36,38,45H,13-15,20,23,27,29-35H2,1-3,5-6H3/t38-,45-/m1/s1. The van der Waals surface area contributed by atoms with Gasteiger partial charge in [-0.25, -0.2) is 4.85 Å². The maximum absolute atomic E-state index is 7.76. The van der Waals surface area contributed by atoms with E-state index in [1.807, 2.05) is 24.3 Å². The molecule has 294 valence electrons. The first-order valence-corrected chi connectivity index (χ1v) is 22.7. The third-order valence-corrected chi connectivity index (χ3v) is 17.3. The van der Waals surface area contributed by atoms with Crippen LogP contribution < -0.4 is 15.1 Å². The minimum absolute atomic E-state index is 0.0108. The number of aromatic nitrogens is 1. The lowest BCUT2D eigenvalue weighted by atomic mass is 9.85. The van der Waals surface area contributed by atoms with Gasteiger partial charge in [0.1, 0.15) is 12.4 Å². The van der Waals surface area contributed by atoms with Crippen LogP contribution >= 0.6 is 0 Å². The highest BCUT2D eigenvalue weighted by Gasteiger charge is 2.52. The summed E-state index contributed by atoms with van der Waals surface area (Å²) in [5.41, 5.74) is 4.56. The van der Waals surface area contributed by atoms with Crippen molar-refractivity contribution in [3.05, 3.63) is 125 Å². The average Bonchev–Trinajstić information content (AvgIpc) is 3.63. The summed E-state index contributed by atoms with van der Waals surface area (Å²) in [7, 11) is 1.53. The van der Waals surface area contributed by atoms with E-state index in [9.17, 15) is 0 Å². The Labute approximate surface area is 335 Å². The number of aryl methyl sites for hydroxylation is 1. The highest BCUT2D eigenvalue weighted by Crippen LogP contribution is 2.41. The normalized spacial score (nSPS) is 18.7. The van der Waals surface area contributed by atoms with Gasteiger partial charge in [0, 0.05) is 24.6 Å². The lowest BCUT2D eigenvalue weighted by molar-refractivity contribution is 0.0480. The zero-order chi connectivity index (χ0) is 39.1. The molecule has 5 aromatic rings. The van der Waals surface area contributed by atoms with Gasteiger partial charge in [0.25, 0.3) is 8.32 Å². The molecule has 0 N–H and O–H groups in total. The zero-order valence-electron chi connectivity index (χ0n) is 34.2. The maximum Gasteiger partial charge on any atom is 0.261 e. The van der Waals surface area contributed by atoms with Gasteiger partial charge in [-0.3, -0.25) is 0 Å². The van der Waals surface area contributed by atoms with Crippen LogP contribution in [-0.2, 0) is 24.0 Å². The van der Waals surface area contributed by atoms with Crippen molar-refractivity contribution in [2.24, 2.45) is 11.8 Å². The summed E-state index contributed by atoms with van der Waals surface area (Å²) in [6.07, 6.45) is 9.73. The molecular formula is C48H60N4O3Si. The number of hydrogen-bond acceptors (Lipinski definition) is 6. The topological polar surface area (TPSA) is 55.3 Å². The van der Waals surface area contributed by atoms with Crippen LogP contribution in [0.25, 0.3) is 15.8 Å². The summed E-state index contributed by atoms with van der Waals surface area (Å²) in [6, 6.07) is 34.1. The summed E-state index contributed by atoms with van der Waals surface area (Å²) in [5.74, 6) is 2.05. The van der Waals surface area contributed by atoms with Gasteiger partial charge >= 0.3 is 0 Å².